The molecule has 5 heteroatoms. The maximum atomic E-state index is 5.70. The van der Waals surface area contributed by atoms with Gasteiger partial charge in [-0.2, -0.15) is 0 Å². The van der Waals surface area contributed by atoms with E-state index in [9.17, 15) is 0 Å². The van der Waals surface area contributed by atoms with Gasteiger partial charge in [-0.05, 0) is 44.2 Å². The van der Waals surface area contributed by atoms with Crippen molar-refractivity contribution in [1.82, 2.24) is 4.98 Å². The summed E-state index contributed by atoms with van der Waals surface area (Å²) in [4.78, 5) is 5.74. The highest BCUT2D eigenvalue weighted by atomic mass is 32.1. The summed E-state index contributed by atoms with van der Waals surface area (Å²) >= 11 is 1.67. The van der Waals surface area contributed by atoms with E-state index >= 15 is 0 Å². The zero-order chi connectivity index (χ0) is 13.7. The SMILES string of the molecule is COc1ccc(OCc2nc(C)c(CCN)s2)cc1. The largest absolute Gasteiger partial charge is 0.497 e. The smallest absolute Gasteiger partial charge is 0.140 e. The first-order valence-electron chi connectivity index (χ1n) is 6.15. The molecule has 2 aromatic rings. The van der Waals surface area contributed by atoms with Crippen molar-refractivity contribution in [2.45, 2.75) is 20.0 Å². The van der Waals surface area contributed by atoms with Crippen LogP contribution >= 0.6 is 11.3 Å². The monoisotopic (exact) mass is 278 g/mol. The number of thiazole rings is 1. The first-order valence-corrected chi connectivity index (χ1v) is 6.96. The van der Waals surface area contributed by atoms with Gasteiger partial charge in [-0.3, -0.25) is 0 Å². The third kappa shape index (κ3) is 3.68. The second-order valence-corrected chi connectivity index (χ2v) is 5.29. The Morgan fingerprint density at radius 1 is 1.21 bits per heavy atom. The van der Waals surface area contributed by atoms with E-state index in [1.54, 1.807) is 18.4 Å². The normalized spacial score (nSPS) is 10.5. The van der Waals surface area contributed by atoms with Crippen LogP contribution in [-0.4, -0.2) is 18.6 Å². The molecule has 0 atom stereocenters. The third-order valence-electron chi connectivity index (χ3n) is 2.73. The molecule has 0 spiro atoms. The fraction of sp³-hybridized carbons (Fsp3) is 0.357. The maximum Gasteiger partial charge on any atom is 0.140 e. The van der Waals surface area contributed by atoms with Crippen molar-refractivity contribution in [3.05, 3.63) is 39.8 Å². The van der Waals surface area contributed by atoms with Crippen molar-refractivity contribution >= 4 is 11.3 Å². The standard InChI is InChI=1S/C14H18N2O2S/c1-10-13(7-8-15)19-14(16-10)9-18-12-5-3-11(17-2)4-6-12/h3-6H,7-9,15H2,1-2H3. The molecule has 0 aliphatic carbocycles. The Morgan fingerprint density at radius 2 is 1.89 bits per heavy atom. The molecule has 2 N–H and O–H groups in total. The van der Waals surface area contributed by atoms with Crippen LogP contribution in [0.1, 0.15) is 15.6 Å². The highest BCUT2D eigenvalue weighted by molar-refractivity contribution is 7.11. The van der Waals surface area contributed by atoms with Crippen LogP contribution in [0, 0.1) is 6.92 Å². The lowest BCUT2D eigenvalue weighted by Crippen LogP contribution is -2.01. The Bertz CT molecular complexity index is 523. The molecule has 0 saturated carbocycles. The number of nitrogens with zero attached hydrogens (tertiary/aromatic N) is 1. The Balaban J connectivity index is 1.95. The van der Waals surface area contributed by atoms with Gasteiger partial charge in [0.25, 0.3) is 0 Å². The van der Waals surface area contributed by atoms with E-state index in [1.165, 1.54) is 4.88 Å². The van der Waals surface area contributed by atoms with Gasteiger partial charge in [0.15, 0.2) is 0 Å². The van der Waals surface area contributed by atoms with Crippen LogP contribution in [0.4, 0.5) is 0 Å². The molecule has 0 fully saturated rings. The number of methoxy groups -OCH3 is 1. The number of aromatic nitrogens is 1. The average molecular weight is 278 g/mol. The van der Waals surface area contributed by atoms with Crippen molar-refractivity contribution in [2.75, 3.05) is 13.7 Å². The molecule has 0 aliphatic rings. The molecule has 1 heterocycles. The summed E-state index contributed by atoms with van der Waals surface area (Å²) < 4.78 is 10.8. The molecule has 2 rings (SSSR count). The van der Waals surface area contributed by atoms with Crippen LogP contribution in [0.25, 0.3) is 0 Å². The molecule has 102 valence electrons. The van der Waals surface area contributed by atoms with Gasteiger partial charge in [-0.1, -0.05) is 0 Å². The number of hydrogen-bond acceptors (Lipinski definition) is 5. The predicted octanol–water partition coefficient (Wildman–Crippen LogP) is 2.54. The number of hydrogen-bond donors (Lipinski definition) is 1. The average Bonchev–Trinajstić information content (AvgIpc) is 2.78. The minimum atomic E-state index is 0.488. The van der Waals surface area contributed by atoms with Gasteiger partial charge in [0.1, 0.15) is 23.1 Å². The van der Waals surface area contributed by atoms with Crippen LogP contribution in [-0.2, 0) is 13.0 Å². The Hall–Kier alpha value is -1.59. The number of rotatable bonds is 6. The first-order chi connectivity index (χ1) is 9.22. The highest BCUT2D eigenvalue weighted by Crippen LogP contribution is 2.22. The van der Waals surface area contributed by atoms with Crippen molar-refractivity contribution in [2.24, 2.45) is 5.73 Å². The lowest BCUT2D eigenvalue weighted by molar-refractivity contribution is 0.304. The van der Waals surface area contributed by atoms with E-state index < -0.39 is 0 Å². The van der Waals surface area contributed by atoms with E-state index in [0.29, 0.717) is 13.2 Å². The lowest BCUT2D eigenvalue weighted by atomic mass is 10.3. The summed E-state index contributed by atoms with van der Waals surface area (Å²) in [5.41, 5.74) is 6.63. The van der Waals surface area contributed by atoms with Crippen molar-refractivity contribution in [3.63, 3.8) is 0 Å². The van der Waals surface area contributed by atoms with Crippen LogP contribution in [0.2, 0.25) is 0 Å². The number of aryl methyl sites for hydroxylation is 1. The molecule has 0 saturated heterocycles. The van der Waals surface area contributed by atoms with Crippen LogP contribution in [0.15, 0.2) is 24.3 Å². The zero-order valence-corrected chi connectivity index (χ0v) is 12.0. The molecule has 19 heavy (non-hydrogen) atoms. The number of nitrogens with two attached hydrogens (primary N) is 1. The second-order valence-electron chi connectivity index (χ2n) is 4.12. The quantitative estimate of drug-likeness (QED) is 0.882. The molecule has 0 radical (unpaired) electrons. The van der Waals surface area contributed by atoms with Gasteiger partial charge in [0.05, 0.1) is 12.8 Å². The highest BCUT2D eigenvalue weighted by Gasteiger charge is 2.07. The molecule has 1 aromatic heterocycles. The number of ether oxygens (including phenoxy) is 2. The summed E-state index contributed by atoms with van der Waals surface area (Å²) in [6.45, 7) is 3.16. The molecule has 0 bridgehead atoms. The van der Waals surface area contributed by atoms with Crippen molar-refractivity contribution in [3.8, 4) is 11.5 Å². The fourth-order valence-corrected chi connectivity index (χ4v) is 2.73. The molecule has 4 nitrogen and oxygen atoms in total. The van der Waals surface area contributed by atoms with Gasteiger partial charge >= 0.3 is 0 Å². The summed E-state index contributed by atoms with van der Waals surface area (Å²) in [6.07, 6.45) is 0.881. The first kappa shape index (κ1) is 13.8. The minimum Gasteiger partial charge on any atom is -0.497 e. The van der Waals surface area contributed by atoms with Crippen LogP contribution in [0.3, 0.4) is 0 Å². The van der Waals surface area contributed by atoms with Gasteiger partial charge in [-0.15, -0.1) is 11.3 Å². The van der Waals surface area contributed by atoms with Crippen LogP contribution < -0.4 is 15.2 Å². The molecular weight excluding hydrogens is 260 g/mol. The zero-order valence-electron chi connectivity index (χ0n) is 11.2. The Morgan fingerprint density at radius 3 is 2.53 bits per heavy atom. The van der Waals surface area contributed by atoms with Crippen molar-refractivity contribution < 1.29 is 9.47 Å². The summed E-state index contributed by atoms with van der Waals surface area (Å²) in [6, 6.07) is 7.53. The van der Waals surface area contributed by atoms with E-state index in [1.807, 2.05) is 31.2 Å². The molecule has 1 aromatic carbocycles. The Labute approximate surface area is 117 Å². The summed E-state index contributed by atoms with van der Waals surface area (Å²) in [5, 5.41) is 0.983. The van der Waals surface area contributed by atoms with Crippen LogP contribution in [0.5, 0.6) is 11.5 Å². The topological polar surface area (TPSA) is 57.4 Å². The maximum absolute atomic E-state index is 5.70. The Kier molecular flexibility index (Phi) is 4.76. The second kappa shape index (κ2) is 6.54. The van der Waals surface area contributed by atoms with Crippen molar-refractivity contribution in [1.29, 1.82) is 0 Å². The number of benzene rings is 1. The summed E-state index contributed by atoms with van der Waals surface area (Å²) in [5.74, 6) is 1.64. The predicted molar refractivity (Wildman–Crippen MR) is 76.9 cm³/mol. The molecule has 0 aliphatic heterocycles. The van der Waals surface area contributed by atoms with E-state index in [0.717, 1.165) is 28.6 Å². The van der Waals surface area contributed by atoms with Gasteiger partial charge in [0, 0.05) is 4.88 Å². The molecule has 0 unspecified atom stereocenters. The van der Waals surface area contributed by atoms with E-state index in [4.69, 9.17) is 15.2 Å². The van der Waals surface area contributed by atoms with E-state index in [-0.39, 0.29) is 0 Å². The molecule has 0 amide bonds. The van der Waals surface area contributed by atoms with Gasteiger partial charge in [-0.25, -0.2) is 4.98 Å². The minimum absolute atomic E-state index is 0.488. The fourth-order valence-electron chi connectivity index (χ4n) is 1.73. The lowest BCUT2D eigenvalue weighted by Gasteiger charge is -2.04. The third-order valence-corrected chi connectivity index (χ3v) is 3.92. The van der Waals surface area contributed by atoms with E-state index in [2.05, 4.69) is 4.98 Å². The molecular formula is C14H18N2O2S. The van der Waals surface area contributed by atoms with Gasteiger partial charge < -0.3 is 15.2 Å². The van der Waals surface area contributed by atoms with Gasteiger partial charge in [0.2, 0.25) is 0 Å². The summed E-state index contributed by atoms with van der Waals surface area (Å²) in [7, 11) is 1.65.